The van der Waals surface area contributed by atoms with Gasteiger partial charge in [-0.15, -0.1) is 0 Å². The van der Waals surface area contributed by atoms with Crippen LogP contribution in [-0.2, 0) is 0 Å². The number of carbonyl (C=O) groups is 1. The van der Waals surface area contributed by atoms with Gasteiger partial charge in [-0.25, -0.2) is 0 Å². The van der Waals surface area contributed by atoms with Crippen LogP contribution in [0.1, 0.15) is 49.4 Å². The van der Waals surface area contributed by atoms with E-state index in [1.165, 1.54) is 12.8 Å². The van der Waals surface area contributed by atoms with E-state index >= 15 is 0 Å². The molecule has 0 radical (unpaired) electrons. The van der Waals surface area contributed by atoms with Crippen molar-refractivity contribution in [2.45, 2.75) is 39.0 Å². The van der Waals surface area contributed by atoms with E-state index in [2.05, 4.69) is 22.9 Å². The van der Waals surface area contributed by atoms with Crippen molar-refractivity contribution < 1.29 is 4.79 Å². The second-order valence-corrected chi connectivity index (χ2v) is 4.88. The molecule has 0 saturated heterocycles. The first-order chi connectivity index (χ1) is 7.65. The fraction of sp³-hybridized carbons (Fsp3) is 0.462. The van der Waals surface area contributed by atoms with Gasteiger partial charge >= 0.3 is 0 Å². The molecule has 0 amide bonds. The lowest BCUT2D eigenvalue weighted by Gasteiger charge is -2.05. The zero-order valence-corrected chi connectivity index (χ0v) is 11.2. The SMILES string of the molecule is CCCCCCC(=O)c1cc(Br)ccc1N. The van der Waals surface area contributed by atoms with Gasteiger partial charge < -0.3 is 5.73 Å². The van der Waals surface area contributed by atoms with Gasteiger partial charge in [-0.05, 0) is 24.6 Å². The molecule has 2 N–H and O–H groups in total. The average Bonchev–Trinajstić information content (AvgIpc) is 2.27. The second kappa shape index (κ2) is 6.69. The number of hydrogen-bond acceptors (Lipinski definition) is 2. The Bertz CT molecular complexity index is 363. The number of carbonyl (C=O) groups excluding carboxylic acids is 1. The molecule has 16 heavy (non-hydrogen) atoms. The van der Waals surface area contributed by atoms with Crippen molar-refractivity contribution in [3.63, 3.8) is 0 Å². The Morgan fingerprint density at radius 3 is 2.75 bits per heavy atom. The van der Waals surface area contributed by atoms with E-state index < -0.39 is 0 Å². The van der Waals surface area contributed by atoms with Crippen LogP contribution in [-0.4, -0.2) is 5.78 Å². The third kappa shape index (κ3) is 3.97. The number of unbranched alkanes of at least 4 members (excludes halogenated alkanes) is 3. The Morgan fingerprint density at radius 2 is 2.06 bits per heavy atom. The summed E-state index contributed by atoms with van der Waals surface area (Å²) in [6.45, 7) is 2.16. The molecule has 0 saturated carbocycles. The number of hydrogen-bond donors (Lipinski definition) is 1. The first-order valence-corrected chi connectivity index (χ1v) is 6.52. The molecule has 0 aromatic heterocycles. The van der Waals surface area contributed by atoms with Crippen LogP contribution < -0.4 is 5.73 Å². The van der Waals surface area contributed by atoms with E-state index in [1.54, 1.807) is 12.1 Å². The molecule has 0 bridgehead atoms. The minimum Gasteiger partial charge on any atom is -0.398 e. The first-order valence-electron chi connectivity index (χ1n) is 5.73. The molecule has 1 aromatic carbocycles. The van der Waals surface area contributed by atoms with Gasteiger partial charge in [0.1, 0.15) is 0 Å². The highest BCUT2D eigenvalue weighted by molar-refractivity contribution is 9.10. The molecule has 2 nitrogen and oxygen atoms in total. The van der Waals surface area contributed by atoms with Crippen LogP contribution in [0.4, 0.5) is 5.69 Å². The van der Waals surface area contributed by atoms with Gasteiger partial charge in [-0.2, -0.15) is 0 Å². The maximum Gasteiger partial charge on any atom is 0.164 e. The largest absolute Gasteiger partial charge is 0.398 e. The summed E-state index contributed by atoms with van der Waals surface area (Å²) in [5, 5.41) is 0. The lowest BCUT2D eigenvalue weighted by atomic mass is 10.0. The zero-order valence-electron chi connectivity index (χ0n) is 9.63. The highest BCUT2D eigenvalue weighted by Gasteiger charge is 2.09. The monoisotopic (exact) mass is 283 g/mol. The van der Waals surface area contributed by atoms with Crippen LogP contribution >= 0.6 is 15.9 Å². The first kappa shape index (κ1) is 13.2. The van der Waals surface area contributed by atoms with Gasteiger partial charge in [0.25, 0.3) is 0 Å². The molecular formula is C13H18BrNO. The smallest absolute Gasteiger partial charge is 0.164 e. The minimum atomic E-state index is 0.148. The van der Waals surface area contributed by atoms with E-state index in [4.69, 9.17) is 5.73 Å². The lowest BCUT2D eigenvalue weighted by Crippen LogP contribution is -2.03. The highest BCUT2D eigenvalue weighted by atomic mass is 79.9. The van der Waals surface area contributed by atoms with E-state index in [-0.39, 0.29) is 5.78 Å². The molecule has 1 rings (SSSR count). The summed E-state index contributed by atoms with van der Waals surface area (Å²) < 4.78 is 0.901. The third-order valence-corrected chi connectivity index (χ3v) is 3.07. The van der Waals surface area contributed by atoms with Crippen LogP contribution in [0.2, 0.25) is 0 Å². The summed E-state index contributed by atoms with van der Waals surface area (Å²) in [5.74, 6) is 0.148. The van der Waals surface area contributed by atoms with E-state index in [0.29, 0.717) is 17.7 Å². The summed E-state index contributed by atoms with van der Waals surface area (Å²) in [6, 6.07) is 5.42. The Kier molecular flexibility index (Phi) is 5.53. The summed E-state index contributed by atoms with van der Waals surface area (Å²) in [6.07, 6.45) is 5.06. The van der Waals surface area contributed by atoms with Crippen molar-refractivity contribution in [1.82, 2.24) is 0 Å². The number of rotatable bonds is 6. The Hall–Kier alpha value is -0.830. The number of nitrogens with two attached hydrogens (primary N) is 1. The van der Waals surface area contributed by atoms with Crippen molar-refractivity contribution in [3.8, 4) is 0 Å². The number of ketones is 1. The van der Waals surface area contributed by atoms with E-state index in [1.807, 2.05) is 6.07 Å². The molecule has 0 atom stereocenters. The molecule has 0 spiro atoms. The normalized spacial score (nSPS) is 10.4. The summed E-state index contributed by atoms with van der Waals surface area (Å²) >= 11 is 3.35. The number of benzene rings is 1. The van der Waals surface area contributed by atoms with E-state index in [0.717, 1.165) is 17.3 Å². The standard InChI is InChI=1S/C13H18BrNO/c1-2-3-4-5-6-13(16)11-9-10(14)7-8-12(11)15/h7-9H,2-6,15H2,1H3. The average molecular weight is 284 g/mol. The van der Waals surface area contributed by atoms with Crippen molar-refractivity contribution in [2.75, 3.05) is 5.73 Å². The molecule has 0 unspecified atom stereocenters. The predicted molar refractivity (Wildman–Crippen MR) is 71.6 cm³/mol. The maximum absolute atomic E-state index is 11.9. The second-order valence-electron chi connectivity index (χ2n) is 3.97. The van der Waals surface area contributed by atoms with Gasteiger partial charge in [0.2, 0.25) is 0 Å². The maximum atomic E-state index is 11.9. The molecular weight excluding hydrogens is 266 g/mol. The Labute approximate surface area is 105 Å². The van der Waals surface area contributed by atoms with Gasteiger partial charge in [-0.3, -0.25) is 4.79 Å². The van der Waals surface area contributed by atoms with Crippen LogP contribution in [0, 0.1) is 0 Å². The van der Waals surface area contributed by atoms with Crippen molar-refractivity contribution >= 4 is 27.4 Å². The quantitative estimate of drug-likeness (QED) is 0.483. The molecule has 1 aromatic rings. The van der Waals surface area contributed by atoms with Gasteiger partial charge in [-0.1, -0.05) is 42.1 Å². The zero-order chi connectivity index (χ0) is 12.0. The van der Waals surface area contributed by atoms with Crippen LogP contribution in [0.15, 0.2) is 22.7 Å². The number of Topliss-reactive ketones (excluding diaryl/α,β-unsaturated/α-hetero) is 1. The molecule has 0 aliphatic rings. The molecule has 3 heteroatoms. The van der Waals surface area contributed by atoms with Gasteiger partial charge in [0.05, 0.1) is 0 Å². The fourth-order valence-electron chi connectivity index (χ4n) is 1.62. The molecule has 88 valence electrons. The third-order valence-electron chi connectivity index (χ3n) is 2.57. The topological polar surface area (TPSA) is 43.1 Å². The molecule has 0 aliphatic carbocycles. The van der Waals surface area contributed by atoms with Crippen LogP contribution in [0.3, 0.4) is 0 Å². The highest BCUT2D eigenvalue weighted by Crippen LogP contribution is 2.20. The Morgan fingerprint density at radius 1 is 1.31 bits per heavy atom. The molecule has 0 heterocycles. The number of halogens is 1. The number of anilines is 1. The molecule has 0 fully saturated rings. The van der Waals surface area contributed by atoms with Crippen molar-refractivity contribution in [1.29, 1.82) is 0 Å². The summed E-state index contributed by atoms with van der Waals surface area (Å²) in [4.78, 5) is 11.9. The van der Waals surface area contributed by atoms with Gasteiger partial charge in [0, 0.05) is 22.1 Å². The van der Waals surface area contributed by atoms with Crippen LogP contribution in [0.5, 0.6) is 0 Å². The lowest BCUT2D eigenvalue weighted by molar-refractivity contribution is 0.0980. The number of nitrogen functional groups attached to an aromatic ring is 1. The van der Waals surface area contributed by atoms with E-state index in [9.17, 15) is 4.79 Å². The van der Waals surface area contributed by atoms with Gasteiger partial charge in [0.15, 0.2) is 5.78 Å². The summed E-state index contributed by atoms with van der Waals surface area (Å²) in [5.41, 5.74) is 7.00. The molecule has 0 aliphatic heterocycles. The minimum absolute atomic E-state index is 0.148. The van der Waals surface area contributed by atoms with Crippen LogP contribution in [0.25, 0.3) is 0 Å². The summed E-state index contributed by atoms with van der Waals surface area (Å²) in [7, 11) is 0. The fourth-order valence-corrected chi connectivity index (χ4v) is 1.98. The van der Waals surface area contributed by atoms with Crippen molar-refractivity contribution in [2.24, 2.45) is 0 Å². The predicted octanol–water partition coefficient (Wildman–Crippen LogP) is 4.18. The van der Waals surface area contributed by atoms with Crippen molar-refractivity contribution in [3.05, 3.63) is 28.2 Å². The Balaban J connectivity index is 2.55.